The minimum atomic E-state index is -1.35. The Labute approximate surface area is 182 Å². The van der Waals surface area contributed by atoms with E-state index in [1.807, 2.05) is 0 Å². The van der Waals surface area contributed by atoms with Crippen molar-refractivity contribution in [1.29, 1.82) is 0 Å². The predicted octanol–water partition coefficient (Wildman–Crippen LogP) is 1.71. The van der Waals surface area contributed by atoms with Gasteiger partial charge in [0.25, 0.3) is 0 Å². The molecular weight excluding hydrogens is 339 g/mol. The number of aliphatic carboxylic acids is 1. The van der Waals surface area contributed by atoms with Crippen LogP contribution in [0.3, 0.4) is 0 Å². The van der Waals surface area contributed by atoms with Gasteiger partial charge in [0.1, 0.15) is 6.10 Å². The van der Waals surface area contributed by atoms with Crippen LogP contribution in [0.1, 0.15) is 104 Å². The smallest absolute Gasteiger partial charge is 0.546 e. The molecule has 1 atom stereocenters. The minimum Gasteiger partial charge on any atom is -0.546 e. The summed E-state index contributed by atoms with van der Waals surface area (Å²) in [4.78, 5) is 21.8. The summed E-state index contributed by atoms with van der Waals surface area (Å²) in [7, 11) is 0. The maximum absolute atomic E-state index is 11.4. The third-order valence-electron chi connectivity index (χ3n) is 4.28. The van der Waals surface area contributed by atoms with Crippen LogP contribution < -0.4 is 34.7 Å². The first-order valence-corrected chi connectivity index (χ1v) is 10.1. The summed E-state index contributed by atoms with van der Waals surface area (Å²) in [5.41, 5.74) is 0. The van der Waals surface area contributed by atoms with Crippen LogP contribution in [0.25, 0.3) is 0 Å². The standard InChI is InChI=1S/C21H38O4.Na/c1-3-4-5-6-7-8-9-10-11-12-13-14-15-16-17-18-20(22)25-19(2)21(23)24;/h10-11,19H,3-9,12-18H2,1-2H3,(H,23,24);/q;+1/p-1/b11-10-;. The van der Waals surface area contributed by atoms with Gasteiger partial charge in [-0.1, -0.05) is 70.4 Å². The van der Waals surface area contributed by atoms with Crippen molar-refractivity contribution in [3.8, 4) is 0 Å². The predicted molar refractivity (Wildman–Crippen MR) is 100 cm³/mol. The van der Waals surface area contributed by atoms with Crippen LogP contribution >= 0.6 is 0 Å². The zero-order chi connectivity index (χ0) is 18.8. The van der Waals surface area contributed by atoms with Gasteiger partial charge in [-0.2, -0.15) is 0 Å². The van der Waals surface area contributed by atoms with Crippen molar-refractivity contribution < 1.29 is 49.0 Å². The quantitative estimate of drug-likeness (QED) is 0.168. The molecule has 0 fully saturated rings. The summed E-state index contributed by atoms with van der Waals surface area (Å²) in [6, 6.07) is 0. The zero-order valence-electron chi connectivity index (χ0n) is 17.3. The molecule has 4 nitrogen and oxygen atoms in total. The maximum Gasteiger partial charge on any atom is 1.00 e. The van der Waals surface area contributed by atoms with Crippen LogP contribution in [0.15, 0.2) is 12.2 Å². The SMILES string of the molecule is CCCCCCCC/C=C\CCCCCCCC(=O)OC(C)C(=O)[O-].[Na+]. The van der Waals surface area contributed by atoms with Crippen molar-refractivity contribution in [3.05, 3.63) is 12.2 Å². The Balaban J connectivity index is 0. The molecule has 5 heteroatoms. The Morgan fingerprint density at radius 1 is 0.846 bits per heavy atom. The van der Waals surface area contributed by atoms with Gasteiger partial charge in [-0.3, -0.25) is 4.79 Å². The number of carbonyl (C=O) groups excluding carboxylic acids is 2. The van der Waals surface area contributed by atoms with Gasteiger partial charge < -0.3 is 14.6 Å². The van der Waals surface area contributed by atoms with Crippen molar-refractivity contribution >= 4 is 11.9 Å². The zero-order valence-corrected chi connectivity index (χ0v) is 19.3. The summed E-state index contributed by atoms with van der Waals surface area (Å²) in [5, 5.41) is 10.5. The van der Waals surface area contributed by atoms with Gasteiger partial charge in [0, 0.05) is 6.42 Å². The molecule has 0 bridgehead atoms. The van der Waals surface area contributed by atoms with Gasteiger partial charge >= 0.3 is 35.5 Å². The molecule has 1 unspecified atom stereocenters. The third-order valence-corrected chi connectivity index (χ3v) is 4.28. The van der Waals surface area contributed by atoms with E-state index >= 15 is 0 Å². The van der Waals surface area contributed by atoms with E-state index in [1.165, 1.54) is 64.7 Å². The average molecular weight is 377 g/mol. The Bertz CT molecular complexity index is 369. The first kappa shape index (κ1) is 27.9. The van der Waals surface area contributed by atoms with Crippen LogP contribution in [0.4, 0.5) is 0 Å². The largest absolute Gasteiger partial charge is 1.00 e. The van der Waals surface area contributed by atoms with Crippen molar-refractivity contribution in [3.63, 3.8) is 0 Å². The van der Waals surface area contributed by atoms with Crippen molar-refractivity contribution in [2.75, 3.05) is 0 Å². The number of allylic oxidation sites excluding steroid dienone is 2. The molecule has 0 radical (unpaired) electrons. The maximum atomic E-state index is 11.4. The van der Waals surface area contributed by atoms with Crippen molar-refractivity contribution in [2.45, 2.75) is 110 Å². The minimum absolute atomic E-state index is 0. The van der Waals surface area contributed by atoms with Gasteiger partial charge in [-0.15, -0.1) is 0 Å². The van der Waals surface area contributed by atoms with E-state index in [0.717, 1.165) is 25.7 Å². The number of carbonyl (C=O) groups is 2. The fraction of sp³-hybridized carbons (Fsp3) is 0.810. The number of rotatable bonds is 17. The molecule has 0 heterocycles. The van der Waals surface area contributed by atoms with Crippen molar-refractivity contribution in [1.82, 2.24) is 0 Å². The molecule has 0 aromatic carbocycles. The number of unbranched alkanes of at least 4 members (excludes halogenated alkanes) is 11. The van der Waals surface area contributed by atoms with Gasteiger partial charge in [-0.25, -0.2) is 0 Å². The van der Waals surface area contributed by atoms with Crippen LogP contribution in [-0.4, -0.2) is 18.0 Å². The first-order valence-electron chi connectivity index (χ1n) is 10.1. The summed E-state index contributed by atoms with van der Waals surface area (Å²) in [6.07, 6.45) is 19.4. The second-order valence-corrected chi connectivity index (χ2v) is 6.79. The van der Waals surface area contributed by atoms with Crippen LogP contribution in [0.2, 0.25) is 0 Å². The molecule has 0 rings (SSSR count). The molecule has 0 amide bonds. The van der Waals surface area contributed by atoms with E-state index < -0.39 is 18.0 Å². The van der Waals surface area contributed by atoms with Crippen LogP contribution in [0.5, 0.6) is 0 Å². The van der Waals surface area contributed by atoms with E-state index in [1.54, 1.807) is 0 Å². The van der Waals surface area contributed by atoms with Crippen molar-refractivity contribution in [2.24, 2.45) is 0 Å². The normalized spacial score (nSPS) is 11.9. The Morgan fingerprint density at radius 2 is 1.31 bits per heavy atom. The molecular formula is C21H37NaO4. The molecule has 146 valence electrons. The number of esters is 1. The Kier molecular flexibility index (Phi) is 22.5. The van der Waals surface area contributed by atoms with E-state index in [2.05, 4.69) is 19.1 Å². The fourth-order valence-corrected chi connectivity index (χ4v) is 2.64. The number of carboxylic acid groups (broad SMARTS) is 1. The molecule has 0 N–H and O–H groups in total. The number of carboxylic acids is 1. The molecule has 0 aromatic rings. The summed E-state index contributed by atoms with van der Waals surface area (Å²) in [6.45, 7) is 3.56. The molecule has 0 aromatic heterocycles. The molecule has 0 aliphatic carbocycles. The second kappa shape index (κ2) is 21.0. The molecule has 0 spiro atoms. The summed E-state index contributed by atoms with van der Waals surface area (Å²) >= 11 is 0. The van der Waals surface area contributed by atoms with Gasteiger partial charge in [-0.05, 0) is 39.0 Å². The monoisotopic (exact) mass is 376 g/mol. The van der Waals surface area contributed by atoms with E-state index in [-0.39, 0.29) is 36.0 Å². The molecule has 0 aliphatic heterocycles. The number of hydrogen-bond acceptors (Lipinski definition) is 4. The van der Waals surface area contributed by atoms with E-state index in [9.17, 15) is 14.7 Å². The number of hydrogen-bond donors (Lipinski definition) is 0. The molecule has 26 heavy (non-hydrogen) atoms. The fourth-order valence-electron chi connectivity index (χ4n) is 2.64. The van der Waals surface area contributed by atoms with E-state index in [0.29, 0.717) is 0 Å². The topological polar surface area (TPSA) is 66.4 Å². The molecule has 0 saturated carbocycles. The molecule has 0 saturated heterocycles. The average Bonchev–Trinajstić information content (AvgIpc) is 2.58. The van der Waals surface area contributed by atoms with Gasteiger partial charge in [0.2, 0.25) is 0 Å². The van der Waals surface area contributed by atoms with Gasteiger partial charge in [0.15, 0.2) is 0 Å². The van der Waals surface area contributed by atoms with Crippen LogP contribution in [0, 0.1) is 0 Å². The Hall–Kier alpha value is -0.320. The van der Waals surface area contributed by atoms with E-state index in [4.69, 9.17) is 4.74 Å². The van der Waals surface area contributed by atoms with Crippen LogP contribution in [-0.2, 0) is 14.3 Å². The third kappa shape index (κ3) is 20.0. The number of ether oxygens (including phenoxy) is 1. The first-order chi connectivity index (χ1) is 12.1. The summed E-state index contributed by atoms with van der Waals surface area (Å²) < 4.78 is 4.72. The Morgan fingerprint density at radius 3 is 1.81 bits per heavy atom. The van der Waals surface area contributed by atoms with Gasteiger partial charge in [0.05, 0.1) is 5.97 Å². The summed E-state index contributed by atoms with van der Waals surface area (Å²) in [5.74, 6) is -1.80. The second-order valence-electron chi connectivity index (χ2n) is 6.79. The molecule has 0 aliphatic rings.